The van der Waals surface area contributed by atoms with Crippen molar-refractivity contribution in [3.63, 3.8) is 0 Å². The van der Waals surface area contributed by atoms with Gasteiger partial charge in [0.25, 0.3) is 0 Å². The SMILES string of the molecule is CC.CC.CCC.CN=C1C(c2ccc(C)cc2)=CC=C(c2ccc(C)cc2)C1=NC. The molecule has 0 heterocycles. The van der Waals surface area contributed by atoms with Crippen molar-refractivity contribution in [3.05, 3.63) is 82.9 Å². The van der Waals surface area contributed by atoms with Gasteiger partial charge < -0.3 is 0 Å². The van der Waals surface area contributed by atoms with E-state index >= 15 is 0 Å². The van der Waals surface area contributed by atoms with Crippen LogP contribution in [0.1, 0.15) is 70.2 Å². The number of benzene rings is 2. The molecular formula is C29H42N2. The van der Waals surface area contributed by atoms with E-state index in [1.54, 1.807) is 0 Å². The van der Waals surface area contributed by atoms with Gasteiger partial charge in [-0.15, -0.1) is 0 Å². The first-order valence-electron chi connectivity index (χ1n) is 11.6. The largest absolute Gasteiger partial charge is 0.286 e. The van der Waals surface area contributed by atoms with Gasteiger partial charge >= 0.3 is 0 Å². The molecule has 0 atom stereocenters. The molecule has 0 saturated carbocycles. The average molecular weight is 419 g/mol. The summed E-state index contributed by atoms with van der Waals surface area (Å²) in [5.41, 5.74) is 8.97. The normalized spacial score (nSPS) is 14.8. The summed E-state index contributed by atoms with van der Waals surface area (Å²) < 4.78 is 0. The summed E-state index contributed by atoms with van der Waals surface area (Å²) in [4.78, 5) is 9.10. The van der Waals surface area contributed by atoms with E-state index in [1.165, 1.54) is 28.7 Å². The summed E-state index contributed by atoms with van der Waals surface area (Å²) in [5, 5.41) is 0. The van der Waals surface area contributed by atoms with Crippen molar-refractivity contribution in [2.75, 3.05) is 14.1 Å². The van der Waals surface area contributed by atoms with Crippen molar-refractivity contribution in [2.24, 2.45) is 9.98 Å². The summed E-state index contributed by atoms with van der Waals surface area (Å²) in [5.74, 6) is 0. The van der Waals surface area contributed by atoms with Gasteiger partial charge in [0.15, 0.2) is 0 Å². The fourth-order valence-electron chi connectivity index (χ4n) is 2.96. The van der Waals surface area contributed by atoms with Crippen LogP contribution >= 0.6 is 0 Å². The Bertz CT molecular complexity index is 802. The molecule has 3 rings (SSSR count). The molecule has 2 nitrogen and oxygen atoms in total. The lowest BCUT2D eigenvalue weighted by atomic mass is 9.86. The first-order chi connectivity index (χ1) is 15.0. The Balaban J connectivity index is 0.00000116. The third-order valence-electron chi connectivity index (χ3n) is 4.32. The second-order valence-electron chi connectivity index (χ2n) is 6.74. The van der Waals surface area contributed by atoms with Crippen LogP contribution in [0, 0.1) is 13.8 Å². The Labute approximate surface area is 191 Å². The van der Waals surface area contributed by atoms with Gasteiger partial charge in [0, 0.05) is 25.2 Å². The Morgan fingerprint density at radius 2 is 0.806 bits per heavy atom. The third kappa shape index (κ3) is 8.13. The number of hydrogen-bond donors (Lipinski definition) is 0. The molecule has 0 spiro atoms. The van der Waals surface area contributed by atoms with Crippen LogP contribution in [0.5, 0.6) is 0 Å². The predicted molar refractivity (Wildman–Crippen MR) is 144 cm³/mol. The zero-order chi connectivity index (χ0) is 23.8. The molecule has 0 amide bonds. The number of rotatable bonds is 2. The van der Waals surface area contributed by atoms with Crippen LogP contribution in [0.3, 0.4) is 0 Å². The van der Waals surface area contributed by atoms with E-state index in [-0.39, 0.29) is 0 Å². The Morgan fingerprint density at radius 1 is 0.548 bits per heavy atom. The van der Waals surface area contributed by atoms with E-state index in [1.807, 2.05) is 41.8 Å². The summed E-state index contributed by atoms with van der Waals surface area (Å²) in [6, 6.07) is 17.1. The molecule has 0 aliphatic heterocycles. The molecule has 1 aliphatic carbocycles. The first-order valence-corrected chi connectivity index (χ1v) is 11.6. The summed E-state index contributed by atoms with van der Waals surface area (Å²) in [7, 11) is 3.67. The Hall–Kier alpha value is -2.74. The van der Waals surface area contributed by atoms with Crippen molar-refractivity contribution < 1.29 is 0 Å². The van der Waals surface area contributed by atoms with Crippen LogP contribution in [0.25, 0.3) is 11.1 Å². The van der Waals surface area contributed by atoms with Gasteiger partial charge in [0.05, 0.1) is 11.4 Å². The highest BCUT2D eigenvalue weighted by molar-refractivity contribution is 6.69. The first kappa shape index (κ1) is 28.3. The van der Waals surface area contributed by atoms with Crippen LogP contribution in [0.2, 0.25) is 0 Å². The summed E-state index contributed by atoms with van der Waals surface area (Å²) in [6.45, 7) is 16.4. The van der Waals surface area contributed by atoms with Crippen molar-refractivity contribution in [3.8, 4) is 0 Å². The van der Waals surface area contributed by atoms with E-state index in [2.05, 4.69) is 98.4 Å². The lowest BCUT2D eigenvalue weighted by Gasteiger charge is -2.20. The fraction of sp³-hybridized carbons (Fsp3) is 0.379. The average Bonchev–Trinajstić information content (AvgIpc) is 2.82. The van der Waals surface area contributed by atoms with Crippen LogP contribution in [0.15, 0.2) is 70.7 Å². The molecule has 2 aromatic rings. The molecule has 2 heteroatoms. The van der Waals surface area contributed by atoms with Crippen molar-refractivity contribution in [1.29, 1.82) is 0 Å². The van der Waals surface area contributed by atoms with E-state index in [4.69, 9.17) is 0 Å². The molecule has 2 aromatic carbocycles. The van der Waals surface area contributed by atoms with Gasteiger partial charge in [0.1, 0.15) is 0 Å². The minimum absolute atomic E-state index is 0.944. The van der Waals surface area contributed by atoms with E-state index < -0.39 is 0 Å². The van der Waals surface area contributed by atoms with Crippen molar-refractivity contribution in [2.45, 2.75) is 61.8 Å². The number of aryl methyl sites for hydroxylation is 2. The second-order valence-corrected chi connectivity index (χ2v) is 6.74. The van der Waals surface area contributed by atoms with Crippen molar-refractivity contribution >= 4 is 22.6 Å². The standard InChI is InChI=1S/C22H22N2.C3H8.2C2H6/c1-15-5-9-17(10-6-15)19-13-14-20(22(24-4)21(19)23-3)18-11-7-16(2)8-12-18;1-3-2;2*1-2/h5-14H,1-4H3;3H2,1-2H3;2*1-2H3. The second kappa shape index (κ2) is 16.0. The molecule has 168 valence electrons. The smallest absolute Gasteiger partial charge is 0.0907 e. The minimum atomic E-state index is 0.944. The molecule has 0 N–H and O–H groups in total. The van der Waals surface area contributed by atoms with Crippen LogP contribution < -0.4 is 0 Å². The highest BCUT2D eigenvalue weighted by Crippen LogP contribution is 2.29. The Morgan fingerprint density at radius 3 is 1.03 bits per heavy atom. The van der Waals surface area contributed by atoms with Crippen LogP contribution in [0.4, 0.5) is 0 Å². The maximum Gasteiger partial charge on any atom is 0.0907 e. The molecular weight excluding hydrogens is 376 g/mol. The number of aliphatic imine (C=N–C) groups is 2. The fourth-order valence-corrected chi connectivity index (χ4v) is 2.96. The van der Waals surface area contributed by atoms with Crippen LogP contribution in [-0.2, 0) is 0 Å². The summed E-state index contributed by atoms with van der Waals surface area (Å²) >= 11 is 0. The number of allylic oxidation sites excluding steroid dienone is 4. The number of hydrogen-bond acceptors (Lipinski definition) is 2. The summed E-state index contributed by atoms with van der Waals surface area (Å²) in [6.07, 6.45) is 5.55. The van der Waals surface area contributed by atoms with E-state index in [0.29, 0.717) is 0 Å². The van der Waals surface area contributed by atoms with Gasteiger partial charge in [-0.1, -0.05) is 120 Å². The predicted octanol–water partition coefficient (Wildman–Crippen LogP) is 8.39. The van der Waals surface area contributed by atoms with Gasteiger partial charge in [-0.2, -0.15) is 0 Å². The number of nitrogens with zero attached hydrogens (tertiary/aromatic N) is 2. The lowest BCUT2D eigenvalue weighted by molar-refractivity contribution is 1.09. The van der Waals surface area contributed by atoms with Gasteiger partial charge in [-0.25, -0.2) is 0 Å². The van der Waals surface area contributed by atoms with E-state index in [9.17, 15) is 0 Å². The molecule has 0 radical (unpaired) electrons. The highest BCUT2D eigenvalue weighted by atomic mass is 14.8. The minimum Gasteiger partial charge on any atom is -0.286 e. The third-order valence-corrected chi connectivity index (χ3v) is 4.32. The maximum absolute atomic E-state index is 4.55. The van der Waals surface area contributed by atoms with Gasteiger partial charge in [0.2, 0.25) is 0 Å². The lowest BCUT2D eigenvalue weighted by Crippen LogP contribution is -2.21. The van der Waals surface area contributed by atoms with Crippen LogP contribution in [-0.4, -0.2) is 25.5 Å². The molecule has 0 fully saturated rings. The highest BCUT2D eigenvalue weighted by Gasteiger charge is 2.22. The maximum atomic E-state index is 4.55. The monoisotopic (exact) mass is 418 g/mol. The Kier molecular flexibility index (Phi) is 14.6. The molecule has 0 bridgehead atoms. The molecule has 0 unspecified atom stereocenters. The molecule has 0 saturated heterocycles. The molecule has 0 aromatic heterocycles. The zero-order valence-electron chi connectivity index (χ0n) is 21.4. The molecule has 31 heavy (non-hydrogen) atoms. The van der Waals surface area contributed by atoms with Gasteiger partial charge in [-0.3, -0.25) is 9.98 Å². The zero-order valence-corrected chi connectivity index (χ0v) is 21.4. The quantitative estimate of drug-likeness (QED) is 0.437. The van der Waals surface area contributed by atoms with Crippen molar-refractivity contribution in [1.82, 2.24) is 0 Å². The van der Waals surface area contributed by atoms with E-state index in [0.717, 1.165) is 22.6 Å². The molecule has 1 aliphatic rings. The van der Waals surface area contributed by atoms with Gasteiger partial charge in [-0.05, 0) is 25.0 Å². The topological polar surface area (TPSA) is 24.7 Å².